The first-order valence-corrected chi connectivity index (χ1v) is 11.2. The van der Waals surface area contributed by atoms with E-state index in [1.54, 1.807) is 30.3 Å². The van der Waals surface area contributed by atoms with Crippen LogP contribution in [-0.2, 0) is 9.59 Å². The first-order valence-electron chi connectivity index (χ1n) is 11.2. The average molecular weight is 458 g/mol. The van der Waals surface area contributed by atoms with Crippen molar-refractivity contribution in [3.63, 3.8) is 0 Å². The molecule has 34 heavy (non-hydrogen) atoms. The minimum atomic E-state index is -0.653. The molecule has 1 saturated heterocycles. The van der Waals surface area contributed by atoms with E-state index in [-0.39, 0.29) is 17.0 Å². The Morgan fingerprint density at radius 1 is 0.853 bits per heavy atom. The number of imide groups is 1. The molecule has 0 unspecified atom stereocenters. The average Bonchev–Trinajstić information content (AvgIpc) is 3.48. The van der Waals surface area contributed by atoms with Crippen molar-refractivity contribution in [1.29, 1.82) is 0 Å². The van der Waals surface area contributed by atoms with Gasteiger partial charge in [0.15, 0.2) is 0 Å². The summed E-state index contributed by atoms with van der Waals surface area (Å²) in [6.07, 6.45) is 2.36. The molecule has 2 aliphatic heterocycles. The van der Waals surface area contributed by atoms with E-state index < -0.39 is 17.6 Å². The van der Waals surface area contributed by atoms with Gasteiger partial charge in [0.25, 0.3) is 11.8 Å². The number of nitrogens with zero attached hydrogens (tertiary/aromatic N) is 2. The van der Waals surface area contributed by atoms with Crippen molar-refractivity contribution in [3.8, 4) is 5.75 Å². The Kier molecular flexibility index (Phi) is 5.76. The number of methoxy groups -OCH3 is 1. The van der Waals surface area contributed by atoms with Crippen molar-refractivity contribution in [2.75, 3.05) is 35.3 Å². The van der Waals surface area contributed by atoms with Gasteiger partial charge in [-0.05, 0) is 55.3 Å². The Morgan fingerprint density at radius 2 is 1.53 bits per heavy atom. The summed E-state index contributed by atoms with van der Waals surface area (Å²) in [7, 11) is 1.50. The van der Waals surface area contributed by atoms with Gasteiger partial charge in [0.05, 0.1) is 18.4 Å². The second-order valence-corrected chi connectivity index (χ2v) is 8.21. The van der Waals surface area contributed by atoms with Crippen LogP contribution in [0.15, 0.2) is 78.5 Å². The second kappa shape index (κ2) is 9.02. The van der Waals surface area contributed by atoms with Gasteiger partial charge in [0, 0.05) is 30.0 Å². The van der Waals surface area contributed by atoms with Gasteiger partial charge in [0.1, 0.15) is 17.3 Å². The van der Waals surface area contributed by atoms with Crippen molar-refractivity contribution < 1.29 is 18.7 Å². The maximum Gasteiger partial charge on any atom is 0.282 e. The highest BCUT2D eigenvalue weighted by molar-refractivity contribution is 6.46. The molecule has 0 radical (unpaired) electrons. The van der Waals surface area contributed by atoms with Gasteiger partial charge in [-0.1, -0.05) is 30.3 Å². The van der Waals surface area contributed by atoms with Crippen LogP contribution < -0.4 is 19.9 Å². The zero-order valence-corrected chi connectivity index (χ0v) is 18.8. The number of nitrogens with one attached hydrogen (secondary N) is 1. The van der Waals surface area contributed by atoms with Crippen LogP contribution in [0.5, 0.6) is 5.75 Å². The number of ether oxygens (including phenoxy) is 1. The lowest BCUT2D eigenvalue weighted by molar-refractivity contribution is -0.120. The zero-order valence-electron chi connectivity index (χ0n) is 18.8. The summed E-state index contributed by atoms with van der Waals surface area (Å²) < 4.78 is 20.0. The molecule has 172 valence electrons. The standard InChI is InChI=1S/C27H24FN3O3/c1-34-23-11-5-2-8-20(23)24-25(27(33)31(26(24)32)22-10-4-3-9-21(22)28)29-18-12-14-19(15-13-18)30-16-6-7-17-30/h2-5,8-15,29H,6-7,16-17H2,1H3. The Bertz CT molecular complexity index is 1280. The zero-order chi connectivity index (χ0) is 23.7. The Labute approximate surface area is 197 Å². The maximum absolute atomic E-state index is 14.6. The van der Waals surface area contributed by atoms with Crippen LogP contribution in [0.25, 0.3) is 5.57 Å². The molecule has 0 atom stereocenters. The van der Waals surface area contributed by atoms with Gasteiger partial charge >= 0.3 is 0 Å². The quantitative estimate of drug-likeness (QED) is 0.537. The Balaban J connectivity index is 1.56. The molecular formula is C27H24FN3O3. The summed E-state index contributed by atoms with van der Waals surface area (Å²) in [4.78, 5) is 30.2. The van der Waals surface area contributed by atoms with E-state index in [1.807, 2.05) is 24.3 Å². The van der Waals surface area contributed by atoms with Gasteiger partial charge in [-0.25, -0.2) is 9.29 Å². The molecule has 0 bridgehead atoms. The van der Waals surface area contributed by atoms with E-state index in [9.17, 15) is 14.0 Å². The van der Waals surface area contributed by atoms with Crippen molar-refractivity contribution in [2.45, 2.75) is 12.8 Å². The third kappa shape index (κ3) is 3.79. The summed E-state index contributed by atoms with van der Waals surface area (Å²) in [6.45, 7) is 2.06. The number of rotatable bonds is 6. The summed E-state index contributed by atoms with van der Waals surface area (Å²) in [5.74, 6) is -1.45. The maximum atomic E-state index is 14.6. The van der Waals surface area contributed by atoms with E-state index in [1.165, 1.54) is 38.2 Å². The van der Waals surface area contributed by atoms with E-state index in [2.05, 4.69) is 10.2 Å². The molecule has 0 aromatic heterocycles. The number of anilines is 3. The van der Waals surface area contributed by atoms with Gasteiger partial charge in [-0.15, -0.1) is 0 Å². The molecule has 0 aliphatic carbocycles. The fourth-order valence-corrected chi connectivity index (χ4v) is 4.47. The van der Waals surface area contributed by atoms with E-state index in [0.29, 0.717) is 17.0 Å². The molecule has 3 aromatic rings. The fraction of sp³-hybridized carbons (Fsp3) is 0.185. The van der Waals surface area contributed by atoms with Crippen LogP contribution in [0, 0.1) is 5.82 Å². The molecule has 7 heteroatoms. The van der Waals surface area contributed by atoms with Crippen LogP contribution in [0.2, 0.25) is 0 Å². The molecule has 5 rings (SSSR count). The van der Waals surface area contributed by atoms with Gasteiger partial charge in [-0.2, -0.15) is 0 Å². The van der Waals surface area contributed by atoms with E-state index >= 15 is 0 Å². The van der Waals surface area contributed by atoms with E-state index in [0.717, 1.165) is 23.7 Å². The number of carbonyl (C=O) groups is 2. The second-order valence-electron chi connectivity index (χ2n) is 8.21. The third-order valence-corrected chi connectivity index (χ3v) is 6.16. The number of para-hydroxylation sites is 2. The predicted molar refractivity (Wildman–Crippen MR) is 130 cm³/mol. The van der Waals surface area contributed by atoms with Gasteiger partial charge < -0.3 is 15.0 Å². The van der Waals surface area contributed by atoms with Crippen LogP contribution >= 0.6 is 0 Å². The molecule has 0 spiro atoms. The number of halogens is 1. The number of carbonyl (C=O) groups excluding carboxylic acids is 2. The molecular weight excluding hydrogens is 433 g/mol. The Hall–Kier alpha value is -4.13. The molecule has 1 N–H and O–H groups in total. The SMILES string of the molecule is COc1ccccc1C1=C(Nc2ccc(N3CCCC3)cc2)C(=O)N(c2ccccc2F)C1=O. The van der Waals surface area contributed by atoms with Gasteiger partial charge in [-0.3, -0.25) is 9.59 Å². The highest BCUT2D eigenvalue weighted by Gasteiger charge is 2.42. The number of hydrogen-bond acceptors (Lipinski definition) is 5. The minimum Gasteiger partial charge on any atom is -0.496 e. The largest absolute Gasteiger partial charge is 0.496 e. The van der Waals surface area contributed by atoms with Crippen molar-refractivity contribution >= 4 is 34.4 Å². The predicted octanol–water partition coefficient (Wildman–Crippen LogP) is 4.83. The molecule has 0 saturated carbocycles. The lowest BCUT2D eigenvalue weighted by atomic mass is 10.0. The number of benzene rings is 3. The molecule has 2 heterocycles. The minimum absolute atomic E-state index is 0.0756. The molecule has 1 fully saturated rings. The number of hydrogen-bond donors (Lipinski definition) is 1. The molecule has 6 nitrogen and oxygen atoms in total. The van der Waals surface area contributed by atoms with Crippen LogP contribution in [0.1, 0.15) is 18.4 Å². The van der Waals surface area contributed by atoms with Gasteiger partial charge in [0.2, 0.25) is 0 Å². The van der Waals surface area contributed by atoms with Crippen molar-refractivity contribution in [3.05, 3.63) is 89.9 Å². The lowest BCUT2D eigenvalue weighted by Gasteiger charge is -2.18. The lowest BCUT2D eigenvalue weighted by Crippen LogP contribution is -2.33. The Morgan fingerprint density at radius 3 is 2.24 bits per heavy atom. The third-order valence-electron chi connectivity index (χ3n) is 6.16. The number of amides is 2. The van der Waals surface area contributed by atoms with E-state index in [4.69, 9.17) is 4.74 Å². The normalized spacial score (nSPS) is 15.9. The van der Waals surface area contributed by atoms with Crippen LogP contribution in [0.4, 0.5) is 21.5 Å². The van der Waals surface area contributed by atoms with Crippen LogP contribution in [-0.4, -0.2) is 32.0 Å². The summed E-state index contributed by atoms with van der Waals surface area (Å²) in [5.41, 5.74) is 2.34. The smallest absolute Gasteiger partial charge is 0.282 e. The summed E-state index contributed by atoms with van der Waals surface area (Å²) in [6, 6.07) is 20.5. The summed E-state index contributed by atoms with van der Waals surface area (Å²) >= 11 is 0. The highest BCUT2D eigenvalue weighted by atomic mass is 19.1. The molecule has 2 amide bonds. The first kappa shape index (κ1) is 21.7. The van der Waals surface area contributed by atoms with Crippen molar-refractivity contribution in [1.82, 2.24) is 0 Å². The van der Waals surface area contributed by atoms with Crippen molar-refractivity contribution in [2.24, 2.45) is 0 Å². The molecule has 3 aromatic carbocycles. The summed E-state index contributed by atoms with van der Waals surface area (Å²) in [5, 5.41) is 3.13. The molecule has 2 aliphatic rings. The van der Waals surface area contributed by atoms with Crippen LogP contribution in [0.3, 0.4) is 0 Å². The monoisotopic (exact) mass is 457 g/mol. The first-order chi connectivity index (χ1) is 16.6. The topological polar surface area (TPSA) is 61.9 Å². The highest BCUT2D eigenvalue weighted by Crippen LogP contribution is 2.38. The fourth-order valence-electron chi connectivity index (χ4n) is 4.47.